The van der Waals surface area contributed by atoms with Crippen molar-refractivity contribution in [2.45, 2.75) is 6.10 Å². The van der Waals surface area contributed by atoms with Crippen LogP contribution < -0.4 is 9.80 Å². The summed E-state index contributed by atoms with van der Waals surface area (Å²) in [5.41, 5.74) is 1.22. The van der Waals surface area contributed by atoms with Gasteiger partial charge >= 0.3 is 6.09 Å². The number of aromatic nitrogens is 1. The van der Waals surface area contributed by atoms with Crippen molar-refractivity contribution >= 4 is 29.8 Å². The number of hydrogen-bond donors (Lipinski definition) is 2. The largest absolute Gasteiger partial charge is 0.441 e. The van der Waals surface area contributed by atoms with Gasteiger partial charge in [-0.25, -0.2) is 19.2 Å². The van der Waals surface area contributed by atoms with Crippen molar-refractivity contribution in [3.8, 4) is 11.1 Å². The van der Waals surface area contributed by atoms with E-state index in [0.29, 0.717) is 35.7 Å². The topological polar surface area (TPSA) is 119 Å². The third kappa shape index (κ3) is 4.18. The van der Waals surface area contributed by atoms with E-state index in [4.69, 9.17) is 14.9 Å². The summed E-state index contributed by atoms with van der Waals surface area (Å²) >= 11 is 0. The molecule has 1 aromatic carbocycles. The van der Waals surface area contributed by atoms with Gasteiger partial charge in [-0.05, 0) is 30.3 Å². The van der Waals surface area contributed by atoms with E-state index in [9.17, 15) is 14.0 Å². The predicted molar refractivity (Wildman–Crippen MR) is 109 cm³/mol. The van der Waals surface area contributed by atoms with E-state index in [2.05, 4.69) is 10.1 Å². The first-order valence-electron chi connectivity index (χ1n) is 9.57. The molecule has 0 spiro atoms. The van der Waals surface area contributed by atoms with Crippen molar-refractivity contribution < 1.29 is 28.9 Å². The van der Waals surface area contributed by atoms with E-state index in [1.807, 2.05) is 0 Å². The number of pyridine rings is 1. The fourth-order valence-corrected chi connectivity index (χ4v) is 3.34. The zero-order valence-electron chi connectivity index (χ0n) is 16.4. The first-order valence-corrected chi connectivity index (χ1v) is 9.57. The SMILES string of the molecule is O=C(CO)N1CCN(c2ccc(-c3ccc(N4CC(CO)OC4=O)cc3F)cn2)C=N1. The Bertz CT molecular complexity index is 1020. The number of cyclic esters (lactones) is 1. The average molecular weight is 429 g/mol. The Labute approximate surface area is 176 Å². The molecule has 2 amide bonds. The van der Waals surface area contributed by atoms with Crippen LogP contribution in [-0.2, 0) is 9.53 Å². The maximum atomic E-state index is 14.8. The van der Waals surface area contributed by atoms with E-state index in [1.54, 1.807) is 29.2 Å². The molecular formula is C20H20FN5O5. The molecule has 31 heavy (non-hydrogen) atoms. The second-order valence-corrected chi connectivity index (χ2v) is 6.97. The maximum absolute atomic E-state index is 14.8. The van der Waals surface area contributed by atoms with Gasteiger partial charge in [0.15, 0.2) is 0 Å². The third-order valence-corrected chi connectivity index (χ3v) is 5.00. The number of hydrogen-bond acceptors (Lipinski definition) is 8. The van der Waals surface area contributed by atoms with Gasteiger partial charge in [-0.1, -0.05) is 0 Å². The quantitative estimate of drug-likeness (QED) is 0.721. The molecule has 0 aliphatic carbocycles. The van der Waals surface area contributed by atoms with Gasteiger partial charge in [0.1, 0.15) is 30.7 Å². The highest BCUT2D eigenvalue weighted by Gasteiger charge is 2.32. The molecule has 1 unspecified atom stereocenters. The van der Waals surface area contributed by atoms with Crippen LogP contribution in [0.4, 0.5) is 20.7 Å². The van der Waals surface area contributed by atoms with Crippen LogP contribution in [0.1, 0.15) is 0 Å². The van der Waals surface area contributed by atoms with Gasteiger partial charge in [0.25, 0.3) is 5.91 Å². The smallest absolute Gasteiger partial charge is 0.414 e. The minimum absolute atomic E-state index is 0.156. The molecular weight excluding hydrogens is 409 g/mol. The van der Waals surface area contributed by atoms with E-state index in [-0.39, 0.29) is 13.2 Å². The van der Waals surface area contributed by atoms with Gasteiger partial charge < -0.3 is 19.8 Å². The Morgan fingerprint density at radius 1 is 1.23 bits per heavy atom. The lowest BCUT2D eigenvalue weighted by molar-refractivity contribution is -0.134. The van der Waals surface area contributed by atoms with Crippen LogP contribution in [0.5, 0.6) is 0 Å². The summed E-state index contributed by atoms with van der Waals surface area (Å²) in [6.07, 6.45) is 1.72. The standard InChI is InChI=1S/C20H20FN5O5/c21-17-7-14(25-9-15(10-27)31-20(25)30)2-3-16(17)13-1-4-18(22-8-13)24-5-6-26(23-12-24)19(29)11-28/h1-4,7-8,12,15,27-28H,5-6,9-11H2. The predicted octanol–water partition coefficient (Wildman–Crippen LogP) is 0.789. The Morgan fingerprint density at radius 3 is 2.65 bits per heavy atom. The lowest BCUT2D eigenvalue weighted by Crippen LogP contribution is -2.41. The number of nitrogens with zero attached hydrogens (tertiary/aromatic N) is 5. The Balaban J connectivity index is 1.48. The summed E-state index contributed by atoms with van der Waals surface area (Å²) in [7, 11) is 0. The van der Waals surface area contributed by atoms with Crippen molar-refractivity contribution in [3.05, 3.63) is 42.3 Å². The van der Waals surface area contributed by atoms with Gasteiger partial charge in [0.05, 0.1) is 25.4 Å². The van der Waals surface area contributed by atoms with E-state index >= 15 is 0 Å². The molecule has 10 nitrogen and oxygen atoms in total. The van der Waals surface area contributed by atoms with Gasteiger partial charge in [0.2, 0.25) is 0 Å². The van der Waals surface area contributed by atoms with Crippen molar-refractivity contribution in [2.75, 3.05) is 42.6 Å². The van der Waals surface area contributed by atoms with Crippen molar-refractivity contribution in [1.29, 1.82) is 0 Å². The lowest BCUT2D eigenvalue weighted by Gasteiger charge is -2.27. The molecule has 1 saturated heterocycles. The Hall–Kier alpha value is -3.57. The molecule has 2 N–H and O–H groups in total. The third-order valence-electron chi connectivity index (χ3n) is 5.00. The molecule has 4 rings (SSSR count). The summed E-state index contributed by atoms with van der Waals surface area (Å²) < 4.78 is 19.7. The molecule has 2 aliphatic heterocycles. The Kier molecular flexibility index (Phi) is 5.78. The number of carbonyl (C=O) groups excluding carboxylic acids is 2. The maximum Gasteiger partial charge on any atom is 0.414 e. The van der Waals surface area contributed by atoms with Gasteiger partial charge in [-0.2, -0.15) is 5.10 Å². The van der Waals surface area contributed by atoms with Crippen LogP contribution in [0.15, 0.2) is 41.6 Å². The number of aliphatic hydroxyl groups is 2. The van der Waals surface area contributed by atoms with Crippen molar-refractivity contribution in [1.82, 2.24) is 9.99 Å². The normalized spacial score (nSPS) is 18.5. The molecule has 0 bridgehead atoms. The summed E-state index contributed by atoms with van der Waals surface area (Å²) in [6, 6.07) is 7.83. The fraction of sp³-hybridized carbons (Fsp3) is 0.300. The minimum atomic E-state index is -0.626. The van der Waals surface area contributed by atoms with Gasteiger partial charge in [-0.15, -0.1) is 0 Å². The highest BCUT2D eigenvalue weighted by atomic mass is 19.1. The lowest BCUT2D eigenvalue weighted by atomic mass is 10.1. The van der Waals surface area contributed by atoms with E-state index in [0.717, 1.165) is 0 Å². The molecule has 1 aromatic heterocycles. The number of anilines is 2. The van der Waals surface area contributed by atoms with Crippen LogP contribution in [0.25, 0.3) is 11.1 Å². The van der Waals surface area contributed by atoms with Crippen LogP contribution >= 0.6 is 0 Å². The van der Waals surface area contributed by atoms with Crippen molar-refractivity contribution in [3.63, 3.8) is 0 Å². The number of halogens is 1. The minimum Gasteiger partial charge on any atom is -0.441 e. The number of benzene rings is 1. The zero-order valence-corrected chi connectivity index (χ0v) is 16.4. The first kappa shape index (κ1) is 20.7. The molecule has 11 heteroatoms. The second kappa shape index (κ2) is 8.66. The van der Waals surface area contributed by atoms with E-state index < -0.39 is 30.5 Å². The summed E-state index contributed by atoms with van der Waals surface area (Å²) in [4.78, 5) is 30.7. The van der Waals surface area contributed by atoms with E-state index in [1.165, 1.54) is 28.5 Å². The molecule has 0 saturated carbocycles. The van der Waals surface area contributed by atoms with Crippen LogP contribution in [0.2, 0.25) is 0 Å². The van der Waals surface area contributed by atoms with Crippen LogP contribution in [0, 0.1) is 5.82 Å². The number of carbonyl (C=O) groups is 2. The molecule has 3 heterocycles. The zero-order chi connectivity index (χ0) is 22.0. The monoisotopic (exact) mass is 429 g/mol. The molecule has 1 fully saturated rings. The highest BCUT2D eigenvalue weighted by molar-refractivity contribution is 5.90. The summed E-state index contributed by atoms with van der Waals surface area (Å²) in [5.74, 6) is -0.423. The molecule has 2 aliphatic rings. The second-order valence-electron chi connectivity index (χ2n) is 6.97. The van der Waals surface area contributed by atoms with Crippen LogP contribution in [-0.4, -0.2) is 77.5 Å². The molecule has 1 atom stereocenters. The summed E-state index contributed by atoms with van der Waals surface area (Å²) in [5, 5.41) is 23.2. The number of rotatable bonds is 5. The van der Waals surface area contributed by atoms with Gasteiger partial charge in [0, 0.05) is 23.9 Å². The molecule has 2 aromatic rings. The number of hydrazone groups is 1. The Morgan fingerprint density at radius 2 is 2.06 bits per heavy atom. The average Bonchev–Trinajstić information content (AvgIpc) is 3.19. The number of amides is 2. The van der Waals surface area contributed by atoms with Gasteiger partial charge in [-0.3, -0.25) is 9.69 Å². The number of ether oxygens (including phenoxy) is 1. The highest BCUT2D eigenvalue weighted by Crippen LogP contribution is 2.29. The number of aliphatic hydroxyl groups excluding tert-OH is 2. The first-order chi connectivity index (χ1) is 15.0. The fourth-order valence-electron chi connectivity index (χ4n) is 3.34. The molecule has 162 valence electrons. The van der Waals surface area contributed by atoms with Crippen molar-refractivity contribution in [2.24, 2.45) is 5.10 Å². The summed E-state index contributed by atoms with van der Waals surface area (Å²) in [6.45, 7) is 0.0217. The van der Waals surface area contributed by atoms with Crippen LogP contribution in [0.3, 0.4) is 0 Å². The molecule has 0 radical (unpaired) electrons.